The van der Waals surface area contributed by atoms with E-state index in [2.05, 4.69) is 10.2 Å². The summed E-state index contributed by atoms with van der Waals surface area (Å²) in [5.41, 5.74) is 5.34. The first-order chi connectivity index (χ1) is 13.9. The third-order valence-electron chi connectivity index (χ3n) is 5.43. The van der Waals surface area contributed by atoms with E-state index in [0.717, 1.165) is 22.4 Å². The van der Waals surface area contributed by atoms with E-state index in [1.54, 1.807) is 6.08 Å². The standard InChI is InChI=1S/C24H29N3O2/c1-18-7-9-21(10-8-18)11-12-24(29)27-15-13-26(14-16-27)17-23(28)25-22-6-4-5-19(2)20(22)3/h4-12H,13-17H2,1-3H3,(H,25,28). The number of rotatable bonds is 5. The Hall–Kier alpha value is -2.92. The summed E-state index contributed by atoms with van der Waals surface area (Å²) < 4.78 is 0. The van der Waals surface area contributed by atoms with Crippen LogP contribution in [-0.4, -0.2) is 54.3 Å². The van der Waals surface area contributed by atoms with Crippen LogP contribution in [0.15, 0.2) is 48.5 Å². The first-order valence-electron chi connectivity index (χ1n) is 10.0. The van der Waals surface area contributed by atoms with E-state index in [0.29, 0.717) is 32.7 Å². The molecule has 1 heterocycles. The van der Waals surface area contributed by atoms with Crippen LogP contribution in [-0.2, 0) is 9.59 Å². The van der Waals surface area contributed by atoms with Crippen LogP contribution in [0.3, 0.4) is 0 Å². The molecule has 2 amide bonds. The van der Waals surface area contributed by atoms with Gasteiger partial charge in [0.15, 0.2) is 0 Å². The minimum Gasteiger partial charge on any atom is -0.337 e. The van der Waals surface area contributed by atoms with Gasteiger partial charge >= 0.3 is 0 Å². The van der Waals surface area contributed by atoms with Crippen molar-refractivity contribution in [3.63, 3.8) is 0 Å². The second kappa shape index (κ2) is 9.52. The van der Waals surface area contributed by atoms with Gasteiger partial charge in [-0.05, 0) is 49.6 Å². The molecule has 1 N–H and O–H groups in total. The van der Waals surface area contributed by atoms with E-state index in [1.165, 1.54) is 5.56 Å². The summed E-state index contributed by atoms with van der Waals surface area (Å²) in [6.45, 7) is 9.10. The number of nitrogens with zero attached hydrogens (tertiary/aromatic N) is 2. The van der Waals surface area contributed by atoms with Crippen molar-refractivity contribution in [3.8, 4) is 0 Å². The Morgan fingerprint density at radius 2 is 1.66 bits per heavy atom. The summed E-state index contributed by atoms with van der Waals surface area (Å²) in [5, 5.41) is 3.00. The average Bonchev–Trinajstić information content (AvgIpc) is 2.71. The molecule has 0 unspecified atom stereocenters. The van der Waals surface area contributed by atoms with Crippen LogP contribution < -0.4 is 5.32 Å². The lowest BCUT2D eigenvalue weighted by Gasteiger charge is -2.33. The van der Waals surface area contributed by atoms with Gasteiger partial charge in [-0.2, -0.15) is 0 Å². The number of carbonyl (C=O) groups is 2. The van der Waals surface area contributed by atoms with Crippen molar-refractivity contribution in [2.45, 2.75) is 20.8 Å². The monoisotopic (exact) mass is 391 g/mol. The lowest BCUT2D eigenvalue weighted by atomic mass is 10.1. The first kappa shape index (κ1) is 20.8. The molecule has 0 saturated carbocycles. The molecule has 152 valence electrons. The molecule has 1 saturated heterocycles. The Balaban J connectivity index is 1.46. The van der Waals surface area contributed by atoms with E-state index < -0.39 is 0 Å². The van der Waals surface area contributed by atoms with Gasteiger partial charge in [0.1, 0.15) is 0 Å². The van der Waals surface area contributed by atoms with Crippen LogP contribution in [0.5, 0.6) is 0 Å². The summed E-state index contributed by atoms with van der Waals surface area (Å²) in [5.74, 6) is 0.00260. The molecule has 0 radical (unpaired) electrons. The Morgan fingerprint density at radius 1 is 0.966 bits per heavy atom. The van der Waals surface area contributed by atoms with Crippen LogP contribution in [0.4, 0.5) is 5.69 Å². The minimum absolute atomic E-state index is 0.0160. The largest absolute Gasteiger partial charge is 0.337 e. The Morgan fingerprint density at radius 3 is 2.34 bits per heavy atom. The maximum absolute atomic E-state index is 12.4. The molecule has 0 aliphatic carbocycles. The predicted molar refractivity (Wildman–Crippen MR) is 118 cm³/mol. The second-order valence-corrected chi connectivity index (χ2v) is 7.64. The van der Waals surface area contributed by atoms with Gasteiger partial charge < -0.3 is 10.2 Å². The number of benzene rings is 2. The van der Waals surface area contributed by atoms with Gasteiger partial charge in [0.25, 0.3) is 0 Å². The highest BCUT2D eigenvalue weighted by Gasteiger charge is 2.21. The summed E-state index contributed by atoms with van der Waals surface area (Å²) >= 11 is 0. The fourth-order valence-corrected chi connectivity index (χ4v) is 3.36. The van der Waals surface area contributed by atoms with Crippen molar-refractivity contribution in [1.82, 2.24) is 9.80 Å². The van der Waals surface area contributed by atoms with Crippen molar-refractivity contribution in [3.05, 3.63) is 70.8 Å². The van der Waals surface area contributed by atoms with Crippen LogP contribution in [0.25, 0.3) is 6.08 Å². The number of hydrogen-bond donors (Lipinski definition) is 1. The lowest BCUT2D eigenvalue weighted by molar-refractivity contribution is -0.127. The number of hydrogen-bond acceptors (Lipinski definition) is 3. The molecule has 0 atom stereocenters. The quantitative estimate of drug-likeness (QED) is 0.795. The third-order valence-corrected chi connectivity index (χ3v) is 5.43. The maximum atomic E-state index is 12.4. The molecule has 0 aromatic heterocycles. The number of amides is 2. The fraction of sp³-hybridized carbons (Fsp3) is 0.333. The Bertz CT molecular complexity index is 895. The molecule has 2 aromatic rings. The molecule has 29 heavy (non-hydrogen) atoms. The summed E-state index contributed by atoms with van der Waals surface area (Å²) in [6.07, 6.45) is 3.49. The highest BCUT2D eigenvalue weighted by atomic mass is 16.2. The van der Waals surface area contributed by atoms with Gasteiger partial charge in [0, 0.05) is 37.9 Å². The van der Waals surface area contributed by atoms with Crippen molar-refractivity contribution in [1.29, 1.82) is 0 Å². The van der Waals surface area contributed by atoms with Gasteiger partial charge in [-0.15, -0.1) is 0 Å². The minimum atomic E-state index is -0.0160. The van der Waals surface area contributed by atoms with Crippen LogP contribution in [0, 0.1) is 20.8 Å². The number of aryl methyl sites for hydroxylation is 2. The molecular weight excluding hydrogens is 362 g/mol. The zero-order chi connectivity index (χ0) is 20.8. The van der Waals surface area contributed by atoms with E-state index in [4.69, 9.17) is 0 Å². The number of anilines is 1. The van der Waals surface area contributed by atoms with Crippen molar-refractivity contribution >= 4 is 23.6 Å². The Kier molecular flexibility index (Phi) is 6.83. The van der Waals surface area contributed by atoms with E-state index in [-0.39, 0.29) is 11.8 Å². The van der Waals surface area contributed by atoms with Gasteiger partial charge in [-0.1, -0.05) is 42.0 Å². The molecule has 0 spiro atoms. The van der Waals surface area contributed by atoms with Crippen LogP contribution >= 0.6 is 0 Å². The molecule has 0 bridgehead atoms. The lowest BCUT2D eigenvalue weighted by Crippen LogP contribution is -2.50. The SMILES string of the molecule is Cc1ccc(C=CC(=O)N2CCN(CC(=O)Nc3cccc(C)c3C)CC2)cc1. The zero-order valence-electron chi connectivity index (χ0n) is 17.4. The smallest absolute Gasteiger partial charge is 0.246 e. The first-order valence-corrected chi connectivity index (χ1v) is 10.0. The molecule has 1 aliphatic rings. The topological polar surface area (TPSA) is 52.7 Å². The molecule has 2 aromatic carbocycles. The van der Waals surface area contributed by atoms with Gasteiger partial charge in [-0.25, -0.2) is 0 Å². The highest BCUT2D eigenvalue weighted by Crippen LogP contribution is 2.18. The average molecular weight is 392 g/mol. The molecular formula is C24H29N3O2. The fourth-order valence-electron chi connectivity index (χ4n) is 3.36. The number of nitrogens with one attached hydrogen (secondary N) is 1. The zero-order valence-corrected chi connectivity index (χ0v) is 17.4. The third kappa shape index (κ3) is 5.78. The normalized spacial score (nSPS) is 14.9. The van der Waals surface area contributed by atoms with Gasteiger partial charge in [-0.3, -0.25) is 14.5 Å². The Labute approximate surface area is 173 Å². The van der Waals surface area contributed by atoms with E-state index in [9.17, 15) is 9.59 Å². The van der Waals surface area contributed by atoms with Crippen molar-refractivity contribution in [2.24, 2.45) is 0 Å². The molecule has 5 heteroatoms. The number of piperazine rings is 1. The summed E-state index contributed by atoms with van der Waals surface area (Å²) in [4.78, 5) is 28.7. The molecule has 3 rings (SSSR count). The summed E-state index contributed by atoms with van der Waals surface area (Å²) in [7, 11) is 0. The predicted octanol–water partition coefficient (Wildman–Crippen LogP) is 3.41. The van der Waals surface area contributed by atoms with E-state index in [1.807, 2.05) is 74.2 Å². The van der Waals surface area contributed by atoms with Gasteiger partial charge in [0.2, 0.25) is 11.8 Å². The second-order valence-electron chi connectivity index (χ2n) is 7.64. The molecule has 1 aliphatic heterocycles. The maximum Gasteiger partial charge on any atom is 0.246 e. The summed E-state index contributed by atoms with van der Waals surface area (Å²) in [6, 6.07) is 14.0. The van der Waals surface area contributed by atoms with Crippen molar-refractivity contribution < 1.29 is 9.59 Å². The number of carbonyl (C=O) groups excluding carboxylic acids is 2. The van der Waals surface area contributed by atoms with Crippen LogP contribution in [0.2, 0.25) is 0 Å². The van der Waals surface area contributed by atoms with Gasteiger partial charge in [0.05, 0.1) is 6.54 Å². The van der Waals surface area contributed by atoms with Crippen molar-refractivity contribution in [2.75, 3.05) is 38.0 Å². The van der Waals surface area contributed by atoms with Crippen LogP contribution in [0.1, 0.15) is 22.3 Å². The van der Waals surface area contributed by atoms with E-state index >= 15 is 0 Å². The molecule has 1 fully saturated rings. The highest BCUT2D eigenvalue weighted by molar-refractivity contribution is 5.93. The molecule has 5 nitrogen and oxygen atoms in total.